The summed E-state index contributed by atoms with van der Waals surface area (Å²) in [5.74, 6) is 0. The molecule has 0 saturated heterocycles. The molecule has 0 fully saturated rings. The summed E-state index contributed by atoms with van der Waals surface area (Å²) >= 11 is 0. The highest BCUT2D eigenvalue weighted by molar-refractivity contribution is 5.72. The molecule has 0 aromatic carbocycles. The molecule has 0 saturated carbocycles. The second kappa shape index (κ2) is 3.61. The van der Waals surface area contributed by atoms with Gasteiger partial charge in [-0.3, -0.25) is 0 Å². The predicted molar refractivity (Wildman–Crippen MR) is 48.3 cm³/mol. The van der Waals surface area contributed by atoms with Crippen LogP contribution in [0.25, 0.3) is 11.2 Å². The molecule has 2 unspecified atom stereocenters. The quantitative estimate of drug-likeness (QED) is 0.556. The van der Waals surface area contributed by atoms with Gasteiger partial charge in [-0.15, -0.1) is 0 Å². The number of aromatic amines is 1. The van der Waals surface area contributed by atoms with E-state index >= 15 is 0 Å². The third-order valence-electron chi connectivity index (χ3n) is 1.96. The normalized spacial score (nSPS) is 14.7. The van der Waals surface area contributed by atoms with Crippen LogP contribution >= 0.6 is 0 Å². The highest BCUT2D eigenvalue weighted by atomic mass is 16.3. The molecule has 2 rings (SSSR count). The smallest absolute Gasteiger partial charge is 0.180 e. The summed E-state index contributed by atoms with van der Waals surface area (Å²) in [6, 6.07) is 1.53. The van der Waals surface area contributed by atoms with Gasteiger partial charge in [0, 0.05) is 0 Å². The monoisotopic (exact) mass is 205 g/mol. The van der Waals surface area contributed by atoms with E-state index < -0.39 is 12.2 Å². The van der Waals surface area contributed by atoms with Gasteiger partial charge in [-0.25, -0.2) is 15.0 Å². The minimum absolute atomic E-state index is 0.159. The van der Waals surface area contributed by atoms with Crippen LogP contribution in [0.5, 0.6) is 0 Å². The van der Waals surface area contributed by atoms with Crippen molar-refractivity contribution in [3.8, 4) is 6.07 Å². The molecule has 2 heterocycles. The Balaban J connectivity index is 2.52. The van der Waals surface area contributed by atoms with E-state index in [0.29, 0.717) is 11.2 Å². The van der Waals surface area contributed by atoms with Gasteiger partial charge in [0.25, 0.3) is 0 Å². The summed E-state index contributed by atoms with van der Waals surface area (Å²) in [5, 5.41) is 27.2. The number of imidazole rings is 1. The van der Waals surface area contributed by atoms with Crippen LogP contribution in [0.2, 0.25) is 0 Å². The van der Waals surface area contributed by atoms with Crippen LogP contribution in [-0.4, -0.2) is 36.3 Å². The molecule has 2 aromatic heterocycles. The van der Waals surface area contributed by atoms with Crippen molar-refractivity contribution >= 4 is 11.2 Å². The van der Waals surface area contributed by atoms with Crippen LogP contribution in [-0.2, 0) is 0 Å². The van der Waals surface area contributed by atoms with Gasteiger partial charge in [-0.1, -0.05) is 0 Å². The van der Waals surface area contributed by atoms with Gasteiger partial charge >= 0.3 is 0 Å². The molecular weight excluding hydrogens is 198 g/mol. The molecule has 2 aromatic rings. The number of nitrogens with one attached hydrogen (secondary N) is 1. The summed E-state index contributed by atoms with van der Waals surface area (Å²) in [4.78, 5) is 14.2. The van der Waals surface area contributed by atoms with E-state index in [-0.39, 0.29) is 5.69 Å². The van der Waals surface area contributed by atoms with Crippen molar-refractivity contribution in [2.75, 3.05) is 0 Å². The first-order chi connectivity index (χ1) is 7.24. The number of aliphatic hydroxyl groups excluding tert-OH is 2. The Hall–Kier alpha value is -2.04. The average Bonchev–Trinajstić information content (AvgIpc) is 2.74. The lowest BCUT2D eigenvalue weighted by molar-refractivity contribution is 0.0507. The maximum Gasteiger partial charge on any atom is 0.180 e. The molecular formula is C8H7N5O2. The second-order valence-electron chi connectivity index (χ2n) is 2.88. The van der Waals surface area contributed by atoms with Gasteiger partial charge in [-0.05, 0) is 0 Å². The fourth-order valence-corrected chi connectivity index (χ4v) is 1.23. The number of hydrogen-bond donors (Lipinski definition) is 3. The predicted octanol–water partition coefficient (Wildman–Crippen LogP) is -0.729. The van der Waals surface area contributed by atoms with E-state index in [1.165, 1.54) is 18.7 Å². The fraction of sp³-hybridized carbons (Fsp3) is 0.250. The SMILES string of the molecule is N#CC(O)C(O)c1ncnc2nc[nH]c12. The van der Waals surface area contributed by atoms with Gasteiger partial charge < -0.3 is 15.2 Å². The Kier molecular flexibility index (Phi) is 2.29. The number of rotatable bonds is 2. The molecule has 3 N–H and O–H groups in total. The highest BCUT2D eigenvalue weighted by Crippen LogP contribution is 2.19. The molecule has 0 aliphatic rings. The van der Waals surface area contributed by atoms with E-state index in [2.05, 4.69) is 19.9 Å². The zero-order chi connectivity index (χ0) is 10.8. The van der Waals surface area contributed by atoms with Crippen LogP contribution in [0.3, 0.4) is 0 Å². The van der Waals surface area contributed by atoms with Crippen LogP contribution in [0.4, 0.5) is 0 Å². The number of H-pyrrole nitrogens is 1. The third kappa shape index (κ3) is 1.52. The Morgan fingerprint density at radius 2 is 2.13 bits per heavy atom. The number of aromatic nitrogens is 4. The van der Waals surface area contributed by atoms with Crippen LogP contribution < -0.4 is 0 Å². The average molecular weight is 205 g/mol. The molecule has 7 nitrogen and oxygen atoms in total. The van der Waals surface area contributed by atoms with Gasteiger partial charge in [-0.2, -0.15) is 5.26 Å². The molecule has 7 heteroatoms. The first-order valence-electron chi connectivity index (χ1n) is 4.13. The van der Waals surface area contributed by atoms with Crippen molar-refractivity contribution in [1.29, 1.82) is 5.26 Å². The third-order valence-corrected chi connectivity index (χ3v) is 1.96. The zero-order valence-electron chi connectivity index (χ0n) is 7.49. The van der Waals surface area contributed by atoms with Crippen molar-refractivity contribution < 1.29 is 10.2 Å². The van der Waals surface area contributed by atoms with Gasteiger partial charge in [0.15, 0.2) is 11.8 Å². The molecule has 0 aliphatic heterocycles. The fourth-order valence-electron chi connectivity index (χ4n) is 1.23. The zero-order valence-corrected chi connectivity index (χ0v) is 7.49. The minimum atomic E-state index is -1.52. The lowest BCUT2D eigenvalue weighted by Gasteiger charge is -2.10. The number of hydrogen-bond acceptors (Lipinski definition) is 6. The van der Waals surface area contributed by atoms with Gasteiger partial charge in [0.05, 0.1) is 12.4 Å². The molecule has 15 heavy (non-hydrogen) atoms. The molecule has 0 aliphatic carbocycles. The van der Waals surface area contributed by atoms with E-state index in [4.69, 9.17) is 5.26 Å². The summed E-state index contributed by atoms with van der Waals surface area (Å²) in [6.07, 6.45) is -0.285. The number of nitrogens with zero attached hydrogens (tertiary/aromatic N) is 4. The molecule has 0 amide bonds. The number of fused-ring (bicyclic) bond motifs is 1. The number of nitriles is 1. The van der Waals surface area contributed by atoms with Crippen molar-refractivity contribution in [3.63, 3.8) is 0 Å². The Bertz CT molecular complexity index is 517. The van der Waals surface area contributed by atoms with Crippen molar-refractivity contribution in [2.45, 2.75) is 12.2 Å². The molecule has 0 spiro atoms. The lowest BCUT2D eigenvalue weighted by atomic mass is 10.1. The topological polar surface area (TPSA) is 119 Å². The van der Waals surface area contributed by atoms with E-state index in [0.717, 1.165) is 0 Å². The molecule has 76 valence electrons. The van der Waals surface area contributed by atoms with Crippen LogP contribution in [0.15, 0.2) is 12.7 Å². The molecule has 0 radical (unpaired) electrons. The van der Waals surface area contributed by atoms with E-state index in [1.807, 2.05) is 0 Å². The molecule has 2 atom stereocenters. The Morgan fingerprint density at radius 3 is 2.87 bits per heavy atom. The maximum absolute atomic E-state index is 9.59. The maximum atomic E-state index is 9.59. The summed E-state index contributed by atoms with van der Waals surface area (Å²) in [6.45, 7) is 0. The number of aliphatic hydroxyl groups is 2. The summed E-state index contributed by atoms with van der Waals surface area (Å²) in [7, 11) is 0. The van der Waals surface area contributed by atoms with Crippen molar-refractivity contribution in [3.05, 3.63) is 18.3 Å². The summed E-state index contributed by atoms with van der Waals surface area (Å²) in [5.41, 5.74) is 0.954. The van der Waals surface area contributed by atoms with E-state index in [9.17, 15) is 10.2 Å². The first kappa shape index (κ1) is 9.51. The Morgan fingerprint density at radius 1 is 1.33 bits per heavy atom. The first-order valence-corrected chi connectivity index (χ1v) is 4.13. The van der Waals surface area contributed by atoms with Gasteiger partial charge in [0.1, 0.15) is 23.6 Å². The van der Waals surface area contributed by atoms with Crippen molar-refractivity contribution in [1.82, 2.24) is 19.9 Å². The van der Waals surface area contributed by atoms with Gasteiger partial charge in [0.2, 0.25) is 0 Å². The highest BCUT2D eigenvalue weighted by Gasteiger charge is 2.22. The Labute approximate surface area is 84.1 Å². The van der Waals surface area contributed by atoms with Crippen LogP contribution in [0.1, 0.15) is 11.8 Å². The van der Waals surface area contributed by atoms with E-state index in [1.54, 1.807) is 0 Å². The lowest BCUT2D eigenvalue weighted by Crippen LogP contribution is -2.17. The second-order valence-corrected chi connectivity index (χ2v) is 2.88. The standard InChI is InChI=1S/C8H7N5O2/c9-1-4(14)7(15)5-6-8(12-2-10-5)13-3-11-6/h2-4,7,14-15H,(H,10,11,12,13). The largest absolute Gasteiger partial charge is 0.383 e. The molecule has 0 bridgehead atoms. The van der Waals surface area contributed by atoms with Crippen LogP contribution in [0, 0.1) is 11.3 Å². The minimum Gasteiger partial charge on any atom is -0.383 e. The van der Waals surface area contributed by atoms with Crippen molar-refractivity contribution in [2.24, 2.45) is 0 Å². The summed E-state index contributed by atoms with van der Waals surface area (Å²) < 4.78 is 0.